The van der Waals surface area contributed by atoms with Gasteiger partial charge in [0.05, 0.1) is 20.3 Å². The minimum absolute atomic E-state index is 0.0113. The summed E-state index contributed by atoms with van der Waals surface area (Å²) >= 11 is 0. The van der Waals surface area contributed by atoms with Crippen LogP contribution in [0.1, 0.15) is 18.5 Å². The Morgan fingerprint density at radius 3 is 2.61 bits per heavy atom. The fraction of sp³-hybridized carbons (Fsp3) is 0.462. The summed E-state index contributed by atoms with van der Waals surface area (Å²) in [6.07, 6.45) is 0. The topological polar surface area (TPSA) is 50.8 Å². The Kier molecular flexibility index (Phi) is 3.60. The zero-order valence-corrected chi connectivity index (χ0v) is 10.9. The number of rotatable bonds is 4. The van der Waals surface area contributed by atoms with Crippen LogP contribution in [0, 0.1) is 0 Å². The van der Waals surface area contributed by atoms with Gasteiger partial charge in [-0.3, -0.25) is 0 Å². The van der Waals surface area contributed by atoms with Crippen molar-refractivity contribution < 1.29 is 14.3 Å². The number of nitrogens with zero attached hydrogens (tertiary/aromatic N) is 1. The number of hydrogen-bond donors (Lipinski definition) is 1. The third-order valence-electron chi connectivity index (χ3n) is 3.18. The molecule has 18 heavy (non-hydrogen) atoms. The van der Waals surface area contributed by atoms with Crippen molar-refractivity contribution in [2.75, 3.05) is 27.3 Å². The standard InChI is InChI=1S/C13H18N2O3/c1-4-15-8-10(14-13(15)16)9-5-6-11(17-2)12(7-9)18-3/h5-7,10H,4,8H2,1-3H3,(H,14,16). The van der Waals surface area contributed by atoms with E-state index in [0.717, 1.165) is 12.1 Å². The number of methoxy groups -OCH3 is 2. The number of nitrogens with one attached hydrogen (secondary N) is 1. The smallest absolute Gasteiger partial charge is 0.318 e. The summed E-state index contributed by atoms with van der Waals surface area (Å²) in [5.41, 5.74) is 1.02. The van der Waals surface area contributed by atoms with E-state index in [-0.39, 0.29) is 12.1 Å². The first kappa shape index (κ1) is 12.5. The molecule has 1 aromatic carbocycles. The highest BCUT2D eigenvalue weighted by Crippen LogP contribution is 2.31. The molecule has 1 aromatic rings. The minimum Gasteiger partial charge on any atom is -0.493 e. The summed E-state index contributed by atoms with van der Waals surface area (Å²) in [6.45, 7) is 3.37. The number of carbonyl (C=O) groups excluding carboxylic acids is 1. The van der Waals surface area contributed by atoms with Gasteiger partial charge in [0, 0.05) is 13.1 Å². The quantitative estimate of drug-likeness (QED) is 0.886. The minimum atomic E-state index is -0.0164. The molecule has 98 valence electrons. The van der Waals surface area contributed by atoms with Crippen LogP contribution in [0.3, 0.4) is 0 Å². The van der Waals surface area contributed by atoms with Crippen molar-refractivity contribution in [2.24, 2.45) is 0 Å². The molecule has 1 aliphatic rings. The van der Waals surface area contributed by atoms with Crippen LogP contribution >= 0.6 is 0 Å². The third-order valence-corrected chi connectivity index (χ3v) is 3.18. The molecular formula is C13H18N2O3. The Balaban J connectivity index is 2.22. The number of benzene rings is 1. The summed E-state index contributed by atoms with van der Waals surface area (Å²) in [7, 11) is 3.21. The fourth-order valence-electron chi connectivity index (χ4n) is 2.12. The Hall–Kier alpha value is -1.91. The van der Waals surface area contributed by atoms with E-state index in [0.29, 0.717) is 18.0 Å². The number of carbonyl (C=O) groups is 1. The van der Waals surface area contributed by atoms with Crippen LogP contribution in [-0.4, -0.2) is 38.2 Å². The zero-order chi connectivity index (χ0) is 13.1. The lowest BCUT2D eigenvalue weighted by Gasteiger charge is -2.14. The second kappa shape index (κ2) is 5.16. The highest BCUT2D eigenvalue weighted by molar-refractivity contribution is 5.77. The number of likely N-dealkylation sites (N-methyl/N-ethyl adjacent to an activating group) is 1. The van der Waals surface area contributed by atoms with E-state index < -0.39 is 0 Å². The van der Waals surface area contributed by atoms with Gasteiger partial charge in [0.25, 0.3) is 0 Å². The van der Waals surface area contributed by atoms with Crippen molar-refractivity contribution in [3.8, 4) is 11.5 Å². The maximum Gasteiger partial charge on any atom is 0.318 e. The predicted molar refractivity (Wildman–Crippen MR) is 68.1 cm³/mol. The van der Waals surface area contributed by atoms with Gasteiger partial charge in [0.1, 0.15) is 0 Å². The molecule has 1 unspecified atom stereocenters. The Morgan fingerprint density at radius 1 is 1.33 bits per heavy atom. The molecule has 2 rings (SSSR count). The van der Waals surface area contributed by atoms with Crippen molar-refractivity contribution in [1.29, 1.82) is 0 Å². The first-order valence-electron chi connectivity index (χ1n) is 5.97. The fourth-order valence-corrected chi connectivity index (χ4v) is 2.12. The van der Waals surface area contributed by atoms with Gasteiger partial charge in [-0.15, -0.1) is 0 Å². The predicted octanol–water partition coefficient (Wildman–Crippen LogP) is 1.79. The van der Waals surface area contributed by atoms with E-state index in [1.165, 1.54) is 0 Å². The molecule has 0 bridgehead atoms. The largest absolute Gasteiger partial charge is 0.493 e. The van der Waals surface area contributed by atoms with Crippen LogP contribution in [0.5, 0.6) is 11.5 Å². The second-order valence-corrected chi connectivity index (χ2v) is 4.16. The van der Waals surface area contributed by atoms with Gasteiger partial charge in [0.2, 0.25) is 0 Å². The van der Waals surface area contributed by atoms with Crippen LogP contribution in [0.25, 0.3) is 0 Å². The van der Waals surface area contributed by atoms with Crippen LogP contribution in [0.4, 0.5) is 4.79 Å². The molecule has 1 aliphatic heterocycles. The third kappa shape index (κ3) is 2.20. The lowest BCUT2D eigenvalue weighted by Crippen LogP contribution is -2.27. The molecule has 0 aromatic heterocycles. The number of ether oxygens (including phenoxy) is 2. The van der Waals surface area contributed by atoms with Gasteiger partial charge in [0.15, 0.2) is 11.5 Å². The lowest BCUT2D eigenvalue weighted by atomic mass is 10.1. The summed E-state index contributed by atoms with van der Waals surface area (Å²) in [4.78, 5) is 13.4. The van der Waals surface area contributed by atoms with E-state index in [2.05, 4.69) is 5.32 Å². The van der Waals surface area contributed by atoms with Crippen molar-refractivity contribution in [1.82, 2.24) is 10.2 Å². The maximum absolute atomic E-state index is 11.6. The molecule has 1 atom stereocenters. The van der Waals surface area contributed by atoms with Crippen LogP contribution in [0.2, 0.25) is 0 Å². The zero-order valence-electron chi connectivity index (χ0n) is 10.9. The summed E-state index contributed by atoms with van der Waals surface area (Å²) in [5, 5.41) is 2.95. The van der Waals surface area contributed by atoms with Crippen molar-refractivity contribution in [3.63, 3.8) is 0 Å². The molecule has 0 saturated carbocycles. The van der Waals surface area contributed by atoms with Gasteiger partial charge < -0.3 is 19.7 Å². The number of hydrogen-bond acceptors (Lipinski definition) is 3. The highest BCUT2D eigenvalue weighted by atomic mass is 16.5. The van der Waals surface area contributed by atoms with Crippen molar-refractivity contribution in [3.05, 3.63) is 23.8 Å². The SMILES string of the molecule is CCN1CC(c2ccc(OC)c(OC)c2)NC1=O. The molecule has 1 heterocycles. The second-order valence-electron chi connectivity index (χ2n) is 4.16. The Morgan fingerprint density at radius 2 is 2.06 bits per heavy atom. The summed E-state index contributed by atoms with van der Waals surface area (Å²) in [5.74, 6) is 1.37. The Labute approximate surface area is 107 Å². The first-order chi connectivity index (χ1) is 8.69. The lowest BCUT2D eigenvalue weighted by molar-refractivity contribution is 0.219. The van der Waals surface area contributed by atoms with Crippen molar-refractivity contribution >= 4 is 6.03 Å². The average molecular weight is 250 g/mol. The van der Waals surface area contributed by atoms with E-state index in [4.69, 9.17) is 9.47 Å². The molecule has 5 nitrogen and oxygen atoms in total. The molecule has 0 radical (unpaired) electrons. The van der Waals surface area contributed by atoms with E-state index in [1.54, 1.807) is 19.1 Å². The van der Waals surface area contributed by atoms with Gasteiger partial charge in [-0.1, -0.05) is 6.07 Å². The van der Waals surface area contributed by atoms with Gasteiger partial charge >= 0.3 is 6.03 Å². The molecule has 0 spiro atoms. The van der Waals surface area contributed by atoms with E-state index in [1.807, 2.05) is 25.1 Å². The van der Waals surface area contributed by atoms with Crippen LogP contribution in [-0.2, 0) is 0 Å². The molecular weight excluding hydrogens is 232 g/mol. The van der Waals surface area contributed by atoms with Gasteiger partial charge in [-0.2, -0.15) is 0 Å². The van der Waals surface area contributed by atoms with Crippen LogP contribution < -0.4 is 14.8 Å². The van der Waals surface area contributed by atoms with E-state index >= 15 is 0 Å². The molecule has 1 fully saturated rings. The number of urea groups is 1. The van der Waals surface area contributed by atoms with Crippen LogP contribution in [0.15, 0.2) is 18.2 Å². The normalized spacial score (nSPS) is 18.7. The van der Waals surface area contributed by atoms with Gasteiger partial charge in [-0.25, -0.2) is 4.79 Å². The molecule has 2 amide bonds. The Bertz CT molecular complexity index is 448. The van der Waals surface area contributed by atoms with Crippen molar-refractivity contribution in [2.45, 2.75) is 13.0 Å². The first-order valence-corrected chi connectivity index (χ1v) is 5.97. The molecule has 1 N–H and O–H groups in total. The monoisotopic (exact) mass is 250 g/mol. The summed E-state index contributed by atoms with van der Waals surface area (Å²) in [6, 6.07) is 5.71. The molecule has 0 aliphatic carbocycles. The van der Waals surface area contributed by atoms with E-state index in [9.17, 15) is 4.79 Å². The maximum atomic E-state index is 11.6. The molecule has 1 saturated heterocycles. The summed E-state index contributed by atoms with van der Waals surface area (Å²) < 4.78 is 10.5. The van der Waals surface area contributed by atoms with Gasteiger partial charge in [-0.05, 0) is 24.6 Å². The highest BCUT2D eigenvalue weighted by Gasteiger charge is 2.28. The average Bonchev–Trinajstić information content (AvgIpc) is 2.79. The molecule has 5 heteroatoms. The number of amides is 2.